The first-order valence-electron chi connectivity index (χ1n) is 41.4. The number of ether oxygens (including phenoxy) is 4. The van der Waals surface area contributed by atoms with E-state index in [0.29, 0.717) is 25.7 Å². The van der Waals surface area contributed by atoms with Gasteiger partial charge in [0.2, 0.25) is 0 Å². The minimum absolute atomic E-state index is 0.105. The van der Waals surface area contributed by atoms with Gasteiger partial charge in [0, 0.05) is 25.7 Å². The molecule has 0 saturated carbocycles. The summed E-state index contributed by atoms with van der Waals surface area (Å²) >= 11 is 0. The molecule has 7 atom stereocenters. The molecule has 0 aromatic heterocycles. The quantitative estimate of drug-likeness (QED) is 0.0222. The standard InChI is InChI=1S/C80H156O17P2/c1-8-11-12-13-37-47-54-61-77(82)90-67-75(96-80(85)64-57-50-43-36-30-31-38-44-51-58-71(4)5)69-94-98(86,87)92-65-74(81)66-93-99(88,89)95-70-76(68-91-78(83)62-55-48-41-34-28-24-21-20-23-27-33-40-46-53-60-73(7)10-3)97-79(84)63-56-49-42-35-29-25-19-17-15-14-16-18-22-26-32-39-45-52-59-72(6)9-2/h71-76,81H,8-70H2,1-7H3,(H,86,87)(H,88,89)/t72?,73?,74-,75+,76+/m0/s1. The number of phosphoric ester groups is 2. The highest BCUT2D eigenvalue weighted by Crippen LogP contribution is 2.45. The smallest absolute Gasteiger partial charge is 0.462 e. The summed E-state index contributed by atoms with van der Waals surface area (Å²) in [6.45, 7) is 12.0. The lowest BCUT2D eigenvalue weighted by molar-refractivity contribution is -0.161. The van der Waals surface area contributed by atoms with E-state index in [0.717, 1.165) is 120 Å². The van der Waals surface area contributed by atoms with Crippen LogP contribution in [0.4, 0.5) is 0 Å². The van der Waals surface area contributed by atoms with Crippen LogP contribution in [0.25, 0.3) is 0 Å². The molecule has 0 fully saturated rings. The summed E-state index contributed by atoms with van der Waals surface area (Å²) in [7, 11) is -9.91. The second-order valence-electron chi connectivity index (χ2n) is 29.8. The summed E-state index contributed by atoms with van der Waals surface area (Å²) < 4.78 is 68.5. The molecule has 17 nitrogen and oxygen atoms in total. The van der Waals surface area contributed by atoms with Crippen molar-refractivity contribution >= 4 is 39.5 Å². The summed E-state index contributed by atoms with van der Waals surface area (Å²) in [4.78, 5) is 72.8. The largest absolute Gasteiger partial charge is 0.472 e. The van der Waals surface area contributed by atoms with Gasteiger partial charge in [0.1, 0.15) is 19.3 Å². The lowest BCUT2D eigenvalue weighted by Crippen LogP contribution is -2.30. The third-order valence-electron chi connectivity index (χ3n) is 19.4. The minimum atomic E-state index is -4.96. The highest BCUT2D eigenvalue weighted by atomic mass is 31.2. The molecule has 0 aromatic rings. The number of esters is 4. The van der Waals surface area contributed by atoms with Crippen molar-refractivity contribution in [2.45, 2.75) is 433 Å². The van der Waals surface area contributed by atoms with Gasteiger partial charge in [-0.2, -0.15) is 0 Å². The number of phosphoric acid groups is 2. The maximum atomic E-state index is 13.1. The van der Waals surface area contributed by atoms with E-state index in [1.807, 2.05) is 0 Å². The van der Waals surface area contributed by atoms with Crippen LogP contribution in [-0.4, -0.2) is 96.7 Å². The monoisotopic (exact) mass is 1450 g/mol. The van der Waals surface area contributed by atoms with Crippen molar-refractivity contribution < 1.29 is 80.2 Å². The summed E-state index contributed by atoms with van der Waals surface area (Å²) in [6, 6.07) is 0. The zero-order valence-corrected chi connectivity index (χ0v) is 66.8. The van der Waals surface area contributed by atoms with Crippen molar-refractivity contribution in [1.82, 2.24) is 0 Å². The van der Waals surface area contributed by atoms with Crippen molar-refractivity contribution in [3.63, 3.8) is 0 Å². The average molecular weight is 1450 g/mol. The van der Waals surface area contributed by atoms with E-state index in [1.165, 1.54) is 212 Å². The van der Waals surface area contributed by atoms with Gasteiger partial charge in [-0.05, 0) is 43.4 Å². The molecule has 0 heterocycles. The highest BCUT2D eigenvalue weighted by Gasteiger charge is 2.30. The Kier molecular flexibility index (Phi) is 69.0. The van der Waals surface area contributed by atoms with Gasteiger partial charge in [-0.1, -0.05) is 363 Å². The lowest BCUT2D eigenvalue weighted by Gasteiger charge is -2.21. The van der Waals surface area contributed by atoms with Crippen LogP contribution in [0.15, 0.2) is 0 Å². The van der Waals surface area contributed by atoms with Gasteiger partial charge >= 0.3 is 39.5 Å². The maximum Gasteiger partial charge on any atom is 0.472 e. The van der Waals surface area contributed by atoms with E-state index in [1.54, 1.807) is 0 Å². The summed E-state index contributed by atoms with van der Waals surface area (Å²) in [5, 5.41) is 10.6. The molecular formula is C80H156O17P2. The number of aliphatic hydroxyl groups is 1. The molecule has 0 aliphatic rings. The molecule has 0 aliphatic heterocycles. The van der Waals surface area contributed by atoms with E-state index in [-0.39, 0.29) is 25.7 Å². The zero-order chi connectivity index (χ0) is 73.0. The van der Waals surface area contributed by atoms with Crippen molar-refractivity contribution in [3.05, 3.63) is 0 Å². The van der Waals surface area contributed by atoms with Gasteiger partial charge in [-0.25, -0.2) is 9.13 Å². The van der Waals surface area contributed by atoms with Crippen molar-refractivity contribution in [2.24, 2.45) is 17.8 Å². The zero-order valence-electron chi connectivity index (χ0n) is 65.0. The number of hydrogen-bond donors (Lipinski definition) is 3. The normalized spacial score (nSPS) is 14.5. The molecule has 0 radical (unpaired) electrons. The van der Waals surface area contributed by atoms with Crippen molar-refractivity contribution in [2.75, 3.05) is 39.6 Å². The van der Waals surface area contributed by atoms with Crippen LogP contribution < -0.4 is 0 Å². The Morgan fingerprint density at radius 2 is 0.515 bits per heavy atom. The molecule has 19 heteroatoms. The molecule has 0 spiro atoms. The molecule has 0 rings (SSSR count). The van der Waals surface area contributed by atoms with Crippen LogP contribution in [0.1, 0.15) is 414 Å². The average Bonchev–Trinajstić information content (AvgIpc) is 0.968. The number of hydrogen-bond acceptors (Lipinski definition) is 15. The van der Waals surface area contributed by atoms with Crippen LogP contribution in [0.3, 0.4) is 0 Å². The predicted molar refractivity (Wildman–Crippen MR) is 405 cm³/mol. The van der Waals surface area contributed by atoms with Gasteiger partial charge < -0.3 is 33.8 Å². The number of carbonyl (C=O) groups is 4. The molecule has 0 saturated heterocycles. The second-order valence-corrected chi connectivity index (χ2v) is 32.7. The van der Waals surface area contributed by atoms with Gasteiger partial charge in [0.05, 0.1) is 26.4 Å². The fourth-order valence-electron chi connectivity index (χ4n) is 12.2. The first kappa shape index (κ1) is 97.1. The fourth-order valence-corrected chi connectivity index (χ4v) is 13.8. The highest BCUT2D eigenvalue weighted by molar-refractivity contribution is 7.47. The maximum absolute atomic E-state index is 13.1. The van der Waals surface area contributed by atoms with E-state index in [9.17, 15) is 43.2 Å². The van der Waals surface area contributed by atoms with Crippen LogP contribution in [0, 0.1) is 17.8 Å². The lowest BCUT2D eigenvalue weighted by atomic mass is 9.99. The van der Waals surface area contributed by atoms with Crippen molar-refractivity contribution in [3.8, 4) is 0 Å². The fraction of sp³-hybridized carbons (Fsp3) is 0.950. The molecule has 3 N–H and O–H groups in total. The Morgan fingerprint density at radius 3 is 0.768 bits per heavy atom. The minimum Gasteiger partial charge on any atom is -0.462 e. The third-order valence-corrected chi connectivity index (χ3v) is 21.3. The van der Waals surface area contributed by atoms with Gasteiger partial charge in [-0.15, -0.1) is 0 Å². The molecule has 0 aliphatic carbocycles. The molecular weight excluding hydrogens is 1290 g/mol. The Hall–Kier alpha value is -1.94. The van der Waals surface area contributed by atoms with Crippen LogP contribution in [-0.2, 0) is 65.4 Å². The van der Waals surface area contributed by atoms with Crippen molar-refractivity contribution in [1.29, 1.82) is 0 Å². The van der Waals surface area contributed by atoms with Gasteiger partial charge in [0.25, 0.3) is 0 Å². The SMILES string of the molecule is CCCCCCCCCC(=O)OC[C@H](COP(=O)(O)OC[C@H](O)COP(=O)(O)OC[C@@H](COC(=O)CCCCCCCCCCCCCCCCC(C)CC)OC(=O)CCCCCCCCCCCCCCCCCCCCC(C)CC)OC(=O)CCCCCCCCCCCC(C)C. The van der Waals surface area contributed by atoms with E-state index < -0.39 is 97.5 Å². The van der Waals surface area contributed by atoms with Gasteiger partial charge in [-0.3, -0.25) is 37.3 Å². The van der Waals surface area contributed by atoms with Gasteiger partial charge in [0.15, 0.2) is 12.2 Å². The van der Waals surface area contributed by atoms with Crippen LogP contribution >= 0.6 is 15.6 Å². The second kappa shape index (κ2) is 70.4. The molecule has 0 bridgehead atoms. The first-order valence-corrected chi connectivity index (χ1v) is 44.4. The Labute approximate surface area is 607 Å². The Morgan fingerprint density at radius 1 is 0.293 bits per heavy atom. The molecule has 588 valence electrons. The number of aliphatic hydroxyl groups excluding tert-OH is 1. The number of unbranched alkanes of at least 4 members (excludes halogenated alkanes) is 44. The van der Waals surface area contributed by atoms with E-state index in [2.05, 4.69) is 48.5 Å². The topological polar surface area (TPSA) is 237 Å². The predicted octanol–water partition coefficient (Wildman–Crippen LogP) is 23.7. The Bertz CT molecular complexity index is 1930. The van der Waals surface area contributed by atoms with E-state index >= 15 is 0 Å². The molecule has 0 amide bonds. The van der Waals surface area contributed by atoms with E-state index in [4.69, 9.17) is 37.0 Å². The molecule has 99 heavy (non-hydrogen) atoms. The summed E-state index contributed by atoms with van der Waals surface area (Å²) in [5.41, 5.74) is 0. The molecule has 4 unspecified atom stereocenters. The number of carbonyl (C=O) groups excluding carboxylic acids is 4. The van der Waals surface area contributed by atoms with Crippen LogP contribution in [0.2, 0.25) is 0 Å². The first-order chi connectivity index (χ1) is 47.8. The summed E-state index contributed by atoms with van der Waals surface area (Å²) in [5.74, 6) is 0.339. The number of rotatable bonds is 78. The summed E-state index contributed by atoms with van der Waals surface area (Å²) in [6.07, 6.45) is 58.4. The molecule has 0 aromatic carbocycles. The third kappa shape index (κ3) is 71.5. The van der Waals surface area contributed by atoms with Crippen LogP contribution in [0.5, 0.6) is 0 Å². The Balaban J connectivity index is 5.17.